The number of nitrogens with zero attached hydrogens (tertiary/aromatic N) is 4. The van der Waals surface area contributed by atoms with Gasteiger partial charge in [0.25, 0.3) is 0 Å². The van der Waals surface area contributed by atoms with E-state index in [0.29, 0.717) is 6.04 Å². The van der Waals surface area contributed by atoms with Gasteiger partial charge in [0.2, 0.25) is 0 Å². The smallest absolute Gasteiger partial charge is 0.410 e. The Morgan fingerprint density at radius 2 is 1.56 bits per heavy atom. The van der Waals surface area contributed by atoms with E-state index in [4.69, 9.17) is 4.74 Å². The van der Waals surface area contributed by atoms with Crippen molar-refractivity contribution in [2.75, 3.05) is 39.3 Å². The van der Waals surface area contributed by atoms with Gasteiger partial charge in [-0.05, 0) is 58.3 Å². The zero-order valence-electron chi connectivity index (χ0n) is 15.8. The van der Waals surface area contributed by atoms with Crippen molar-refractivity contribution in [2.45, 2.75) is 58.1 Å². The molecule has 3 fully saturated rings. The van der Waals surface area contributed by atoms with Crippen molar-refractivity contribution in [3.8, 4) is 0 Å². The Morgan fingerprint density at radius 1 is 0.960 bits per heavy atom. The van der Waals surface area contributed by atoms with E-state index < -0.39 is 5.60 Å². The van der Waals surface area contributed by atoms with Gasteiger partial charge in [-0.15, -0.1) is 4.91 Å². The van der Waals surface area contributed by atoms with Gasteiger partial charge in [-0.1, -0.05) is 0 Å². The molecule has 0 N–H and O–H groups in total. The highest BCUT2D eigenvalue weighted by Crippen LogP contribution is 2.35. The monoisotopic (exact) mass is 352 g/mol. The summed E-state index contributed by atoms with van der Waals surface area (Å²) in [6.07, 6.45) is 4.11. The molecular formula is C18H32N4O3. The number of carbonyl (C=O) groups is 1. The molecule has 3 rings (SSSR count). The summed E-state index contributed by atoms with van der Waals surface area (Å²) in [4.78, 5) is 27.1. The average Bonchev–Trinajstić information content (AvgIpc) is 2.53. The van der Waals surface area contributed by atoms with E-state index in [1.807, 2.05) is 25.7 Å². The summed E-state index contributed by atoms with van der Waals surface area (Å²) < 4.78 is 5.47. The first-order valence-electron chi connectivity index (χ1n) is 9.66. The number of ether oxygens (including phenoxy) is 1. The highest BCUT2D eigenvalue weighted by molar-refractivity contribution is 5.68. The molecule has 3 heterocycles. The zero-order valence-corrected chi connectivity index (χ0v) is 15.8. The van der Waals surface area contributed by atoms with Gasteiger partial charge in [0, 0.05) is 45.3 Å². The van der Waals surface area contributed by atoms with Crippen LogP contribution in [0.4, 0.5) is 4.79 Å². The molecule has 0 saturated carbocycles. The van der Waals surface area contributed by atoms with Gasteiger partial charge >= 0.3 is 6.09 Å². The molecular weight excluding hydrogens is 320 g/mol. The maximum absolute atomic E-state index is 12.1. The summed E-state index contributed by atoms with van der Waals surface area (Å²) in [6, 6.07) is 0.621. The number of likely N-dealkylation sites (tertiary alicyclic amines) is 2. The first-order chi connectivity index (χ1) is 11.9. The fourth-order valence-electron chi connectivity index (χ4n) is 4.32. The Hall–Kier alpha value is -1.37. The summed E-state index contributed by atoms with van der Waals surface area (Å²) >= 11 is 0. The molecule has 3 aliphatic heterocycles. The molecule has 7 heteroatoms. The Kier molecular flexibility index (Phi) is 5.51. The van der Waals surface area contributed by atoms with Crippen LogP contribution in [0.15, 0.2) is 5.29 Å². The van der Waals surface area contributed by atoms with Gasteiger partial charge in [-0.3, -0.25) is 9.91 Å². The standard InChI is InChI=1S/C18H32N4O3/c1-18(2,3)25-17(23)20-8-4-14(5-9-20)15-12-21(13-15)16-6-10-22(19-24)11-7-16/h14-16H,4-13H2,1-3H3. The Morgan fingerprint density at radius 3 is 2.08 bits per heavy atom. The van der Waals surface area contributed by atoms with Gasteiger partial charge in [0.1, 0.15) is 5.60 Å². The van der Waals surface area contributed by atoms with Gasteiger partial charge in [0.05, 0.1) is 5.29 Å². The SMILES string of the molecule is CC(C)(C)OC(=O)N1CCC(C2CN(C3CCN(N=O)CC3)C2)CC1. The average molecular weight is 352 g/mol. The molecule has 0 aliphatic carbocycles. The normalized spacial score (nSPS) is 24.9. The fraction of sp³-hybridized carbons (Fsp3) is 0.944. The summed E-state index contributed by atoms with van der Waals surface area (Å²) in [5, 5.41) is 4.68. The molecule has 0 spiro atoms. The minimum atomic E-state index is -0.419. The summed E-state index contributed by atoms with van der Waals surface area (Å²) in [5.74, 6) is 1.50. The molecule has 142 valence electrons. The minimum absolute atomic E-state index is 0.170. The zero-order chi connectivity index (χ0) is 18.0. The van der Waals surface area contributed by atoms with Crippen LogP contribution in [0, 0.1) is 16.7 Å². The molecule has 25 heavy (non-hydrogen) atoms. The summed E-state index contributed by atoms with van der Waals surface area (Å²) in [5.41, 5.74) is -0.419. The second kappa shape index (κ2) is 7.48. The predicted molar refractivity (Wildman–Crippen MR) is 96.0 cm³/mol. The van der Waals surface area contributed by atoms with E-state index in [1.54, 1.807) is 5.01 Å². The van der Waals surface area contributed by atoms with Gasteiger partial charge in [0.15, 0.2) is 0 Å². The molecule has 0 radical (unpaired) electrons. The van der Waals surface area contributed by atoms with E-state index in [-0.39, 0.29) is 6.09 Å². The van der Waals surface area contributed by atoms with Gasteiger partial charge in [-0.2, -0.15) is 0 Å². The van der Waals surface area contributed by atoms with Crippen molar-refractivity contribution in [1.29, 1.82) is 0 Å². The van der Waals surface area contributed by atoms with Crippen LogP contribution in [-0.2, 0) is 4.74 Å². The molecule has 0 atom stereocenters. The lowest BCUT2D eigenvalue weighted by atomic mass is 9.78. The molecule has 7 nitrogen and oxygen atoms in total. The lowest BCUT2D eigenvalue weighted by Gasteiger charge is -2.50. The van der Waals surface area contributed by atoms with Crippen LogP contribution in [0.5, 0.6) is 0 Å². The maximum Gasteiger partial charge on any atom is 0.410 e. The Balaban J connectivity index is 1.36. The van der Waals surface area contributed by atoms with Crippen LogP contribution >= 0.6 is 0 Å². The number of nitroso groups, excluding NO2 is 1. The number of rotatable bonds is 3. The van der Waals surface area contributed by atoms with Crippen molar-refractivity contribution in [3.05, 3.63) is 4.91 Å². The van der Waals surface area contributed by atoms with Crippen LogP contribution in [0.1, 0.15) is 46.5 Å². The maximum atomic E-state index is 12.1. The quantitative estimate of drug-likeness (QED) is 0.731. The molecule has 0 aromatic heterocycles. The fourth-order valence-corrected chi connectivity index (χ4v) is 4.32. The third-order valence-corrected chi connectivity index (χ3v) is 5.87. The van der Waals surface area contributed by atoms with Crippen LogP contribution in [0.25, 0.3) is 0 Å². The molecule has 0 bridgehead atoms. The molecule has 0 aromatic rings. The number of carbonyl (C=O) groups excluding carboxylic acids is 1. The molecule has 1 amide bonds. The van der Waals surface area contributed by atoms with Crippen LogP contribution < -0.4 is 0 Å². The van der Waals surface area contributed by atoms with Crippen molar-refractivity contribution >= 4 is 6.09 Å². The molecule has 0 unspecified atom stereocenters. The van der Waals surface area contributed by atoms with E-state index in [0.717, 1.165) is 63.7 Å². The number of hydrogen-bond acceptors (Lipinski definition) is 5. The van der Waals surface area contributed by atoms with E-state index >= 15 is 0 Å². The van der Waals surface area contributed by atoms with Crippen LogP contribution in [0.3, 0.4) is 0 Å². The van der Waals surface area contributed by atoms with E-state index in [1.165, 1.54) is 13.1 Å². The van der Waals surface area contributed by atoms with Crippen molar-refractivity contribution < 1.29 is 9.53 Å². The van der Waals surface area contributed by atoms with Crippen LogP contribution in [-0.4, -0.2) is 71.8 Å². The minimum Gasteiger partial charge on any atom is -0.444 e. The van der Waals surface area contributed by atoms with Gasteiger partial charge in [-0.25, -0.2) is 4.79 Å². The first-order valence-corrected chi connectivity index (χ1v) is 9.66. The first kappa shape index (κ1) is 18.4. The Labute approximate surface area is 150 Å². The number of amides is 1. The van der Waals surface area contributed by atoms with E-state index in [9.17, 15) is 9.70 Å². The lowest BCUT2D eigenvalue weighted by Crippen LogP contribution is -2.57. The van der Waals surface area contributed by atoms with Gasteiger partial charge < -0.3 is 9.64 Å². The molecule has 3 aliphatic rings. The third-order valence-electron chi connectivity index (χ3n) is 5.87. The summed E-state index contributed by atoms with van der Waals surface area (Å²) in [7, 11) is 0. The number of hydrogen-bond donors (Lipinski definition) is 0. The van der Waals surface area contributed by atoms with Crippen molar-refractivity contribution in [1.82, 2.24) is 14.8 Å². The Bertz CT molecular complexity index is 471. The molecule has 0 aromatic carbocycles. The largest absolute Gasteiger partial charge is 0.444 e. The highest BCUT2D eigenvalue weighted by Gasteiger charge is 2.39. The van der Waals surface area contributed by atoms with Crippen LogP contribution in [0.2, 0.25) is 0 Å². The van der Waals surface area contributed by atoms with Crippen molar-refractivity contribution in [3.63, 3.8) is 0 Å². The van der Waals surface area contributed by atoms with E-state index in [2.05, 4.69) is 10.2 Å². The topological polar surface area (TPSA) is 65.5 Å². The number of piperidine rings is 2. The molecule has 3 saturated heterocycles. The lowest BCUT2D eigenvalue weighted by molar-refractivity contribution is -0.0242. The third kappa shape index (κ3) is 4.63. The van der Waals surface area contributed by atoms with Crippen molar-refractivity contribution in [2.24, 2.45) is 17.1 Å². The second-order valence-corrected chi connectivity index (χ2v) is 8.79. The highest BCUT2D eigenvalue weighted by atomic mass is 16.6. The second-order valence-electron chi connectivity index (χ2n) is 8.79. The summed E-state index contributed by atoms with van der Waals surface area (Å²) in [6.45, 7) is 11.3. The predicted octanol–water partition coefficient (Wildman–Crippen LogP) is 2.71.